The van der Waals surface area contributed by atoms with Gasteiger partial charge in [0.25, 0.3) is 0 Å². The summed E-state index contributed by atoms with van der Waals surface area (Å²) in [6.45, 7) is 5.37. The first-order valence-electron chi connectivity index (χ1n) is 8.10. The Labute approximate surface area is 137 Å². The zero-order chi connectivity index (χ0) is 15.1. The number of anilines is 1. The summed E-state index contributed by atoms with van der Waals surface area (Å²) in [5.41, 5.74) is 6.39. The molecule has 2 nitrogen and oxygen atoms in total. The van der Waals surface area contributed by atoms with Gasteiger partial charge in [0.15, 0.2) is 0 Å². The van der Waals surface area contributed by atoms with E-state index >= 15 is 0 Å². The largest absolute Gasteiger partial charge is 0.367 e. The lowest BCUT2D eigenvalue weighted by Crippen LogP contribution is -2.32. The van der Waals surface area contributed by atoms with Gasteiger partial charge < -0.3 is 10.2 Å². The number of fused-ring (bicyclic) bond motifs is 3. The Bertz CT molecular complexity index is 711. The number of benzene rings is 2. The highest BCUT2D eigenvalue weighted by Gasteiger charge is 2.30. The maximum Gasteiger partial charge on any atom is 0.0513 e. The van der Waals surface area contributed by atoms with Gasteiger partial charge in [0, 0.05) is 30.4 Å². The fourth-order valence-corrected chi connectivity index (χ4v) is 3.99. The Morgan fingerprint density at radius 3 is 3.00 bits per heavy atom. The Kier molecular flexibility index (Phi) is 3.59. The number of nitrogens with zero attached hydrogens (tertiary/aromatic N) is 1. The van der Waals surface area contributed by atoms with Gasteiger partial charge in [-0.3, -0.25) is 0 Å². The quantitative estimate of drug-likeness (QED) is 0.855. The van der Waals surface area contributed by atoms with Crippen molar-refractivity contribution in [2.24, 2.45) is 0 Å². The molecule has 0 bridgehead atoms. The number of rotatable bonds is 1. The Morgan fingerprint density at radius 1 is 1.18 bits per heavy atom. The van der Waals surface area contributed by atoms with E-state index in [1.165, 1.54) is 29.7 Å². The highest BCUT2D eigenvalue weighted by atomic mass is 35.5. The van der Waals surface area contributed by atoms with E-state index in [2.05, 4.69) is 53.5 Å². The second-order valence-corrected chi connectivity index (χ2v) is 6.75. The van der Waals surface area contributed by atoms with Crippen LogP contribution < -0.4 is 10.2 Å². The zero-order valence-corrected chi connectivity index (χ0v) is 13.7. The molecule has 4 rings (SSSR count). The summed E-state index contributed by atoms with van der Waals surface area (Å²) in [5.74, 6) is 0. The summed E-state index contributed by atoms with van der Waals surface area (Å²) in [6.07, 6.45) is 2.41. The predicted molar refractivity (Wildman–Crippen MR) is 93.9 cm³/mol. The van der Waals surface area contributed by atoms with Crippen LogP contribution in [0.15, 0.2) is 36.4 Å². The molecule has 2 aliphatic heterocycles. The van der Waals surface area contributed by atoms with Gasteiger partial charge in [-0.2, -0.15) is 0 Å². The molecule has 2 aromatic carbocycles. The van der Waals surface area contributed by atoms with Crippen LogP contribution in [-0.2, 0) is 6.42 Å². The molecule has 1 N–H and O–H groups in total. The molecule has 0 spiro atoms. The third-order valence-electron chi connectivity index (χ3n) is 4.98. The van der Waals surface area contributed by atoms with E-state index in [1.54, 1.807) is 0 Å². The van der Waals surface area contributed by atoms with Crippen LogP contribution in [0.1, 0.15) is 17.5 Å². The van der Waals surface area contributed by atoms with Gasteiger partial charge >= 0.3 is 0 Å². The maximum absolute atomic E-state index is 6.52. The van der Waals surface area contributed by atoms with Gasteiger partial charge in [-0.1, -0.05) is 41.9 Å². The molecule has 114 valence electrons. The third-order valence-corrected chi connectivity index (χ3v) is 5.48. The van der Waals surface area contributed by atoms with Crippen molar-refractivity contribution in [2.45, 2.75) is 25.8 Å². The molecule has 0 radical (unpaired) electrons. The first-order chi connectivity index (χ1) is 10.7. The van der Waals surface area contributed by atoms with Gasteiger partial charge in [0.2, 0.25) is 0 Å². The van der Waals surface area contributed by atoms with Crippen LogP contribution in [0.5, 0.6) is 0 Å². The number of aryl methyl sites for hydroxylation is 1. The molecule has 2 heterocycles. The monoisotopic (exact) mass is 312 g/mol. The minimum atomic E-state index is 0.660. The van der Waals surface area contributed by atoms with Gasteiger partial charge in [-0.05, 0) is 49.1 Å². The molecule has 22 heavy (non-hydrogen) atoms. The smallest absolute Gasteiger partial charge is 0.0513 e. The zero-order valence-electron chi connectivity index (χ0n) is 12.9. The molecule has 0 saturated carbocycles. The van der Waals surface area contributed by atoms with E-state index < -0.39 is 0 Å². The van der Waals surface area contributed by atoms with Gasteiger partial charge in [0.1, 0.15) is 0 Å². The van der Waals surface area contributed by atoms with Crippen molar-refractivity contribution in [1.29, 1.82) is 0 Å². The summed E-state index contributed by atoms with van der Waals surface area (Å²) < 4.78 is 0. The summed E-state index contributed by atoms with van der Waals surface area (Å²) in [5, 5.41) is 4.38. The van der Waals surface area contributed by atoms with Crippen LogP contribution in [0.4, 0.5) is 5.69 Å². The van der Waals surface area contributed by atoms with Crippen LogP contribution in [0.25, 0.3) is 11.1 Å². The fourth-order valence-electron chi connectivity index (χ4n) is 3.76. The number of nitrogens with one attached hydrogen (secondary N) is 1. The highest BCUT2D eigenvalue weighted by Crippen LogP contribution is 2.39. The van der Waals surface area contributed by atoms with Gasteiger partial charge in [0.05, 0.1) is 5.02 Å². The Hall–Kier alpha value is -1.51. The second-order valence-electron chi connectivity index (χ2n) is 6.37. The molecule has 1 saturated heterocycles. The first kappa shape index (κ1) is 14.1. The van der Waals surface area contributed by atoms with Crippen molar-refractivity contribution in [3.05, 3.63) is 52.5 Å². The molecule has 0 amide bonds. The van der Waals surface area contributed by atoms with Crippen molar-refractivity contribution in [1.82, 2.24) is 5.32 Å². The van der Waals surface area contributed by atoms with Gasteiger partial charge in [-0.15, -0.1) is 0 Å². The summed E-state index contributed by atoms with van der Waals surface area (Å²) in [7, 11) is 0. The van der Waals surface area contributed by atoms with Crippen LogP contribution in [0.2, 0.25) is 5.02 Å². The number of halogens is 1. The van der Waals surface area contributed by atoms with E-state index in [0.29, 0.717) is 6.04 Å². The molecule has 2 aliphatic rings. The van der Waals surface area contributed by atoms with Gasteiger partial charge in [-0.25, -0.2) is 0 Å². The lowest BCUT2D eigenvalue weighted by Gasteiger charge is -2.25. The van der Waals surface area contributed by atoms with Crippen molar-refractivity contribution < 1.29 is 0 Å². The first-order valence-corrected chi connectivity index (χ1v) is 8.47. The SMILES string of the molecule is Cc1cccc(-c2ccc3c(c2)N2CCNCCC2C3)c1Cl. The van der Waals surface area contributed by atoms with E-state index in [-0.39, 0.29) is 0 Å². The molecule has 2 aromatic rings. The van der Waals surface area contributed by atoms with E-state index in [9.17, 15) is 0 Å². The van der Waals surface area contributed by atoms with Crippen LogP contribution >= 0.6 is 11.6 Å². The Morgan fingerprint density at radius 2 is 2.09 bits per heavy atom. The lowest BCUT2D eigenvalue weighted by atomic mass is 10.00. The van der Waals surface area contributed by atoms with Crippen LogP contribution in [0, 0.1) is 6.92 Å². The topological polar surface area (TPSA) is 15.3 Å². The second kappa shape index (κ2) is 5.60. The van der Waals surface area contributed by atoms with Crippen molar-refractivity contribution in [3.8, 4) is 11.1 Å². The number of hydrogen-bond acceptors (Lipinski definition) is 2. The standard InChI is InChI=1S/C19H21ClN2/c1-13-3-2-4-17(19(13)20)14-5-6-15-11-16-7-8-21-9-10-22(16)18(15)12-14/h2-6,12,16,21H,7-11H2,1H3. The molecular formula is C19H21ClN2. The summed E-state index contributed by atoms with van der Waals surface area (Å²) in [4.78, 5) is 2.59. The highest BCUT2D eigenvalue weighted by molar-refractivity contribution is 6.34. The van der Waals surface area contributed by atoms with Crippen LogP contribution in [-0.4, -0.2) is 25.7 Å². The molecule has 3 heteroatoms. The fraction of sp³-hybridized carbons (Fsp3) is 0.368. The summed E-state index contributed by atoms with van der Waals surface area (Å²) >= 11 is 6.52. The molecule has 0 aliphatic carbocycles. The molecule has 1 unspecified atom stereocenters. The third kappa shape index (κ3) is 2.31. The normalized spacial score (nSPS) is 20.5. The molecule has 1 atom stereocenters. The van der Waals surface area contributed by atoms with Crippen molar-refractivity contribution in [2.75, 3.05) is 24.5 Å². The Balaban J connectivity index is 1.76. The minimum absolute atomic E-state index is 0.660. The average Bonchev–Trinajstić information content (AvgIpc) is 2.71. The molecule has 0 aromatic heterocycles. The van der Waals surface area contributed by atoms with Crippen LogP contribution in [0.3, 0.4) is 0 Å². The molecule has 1 fully saturated rings. The van der Waals surface area contributed by atoms with E-state index in [0.717, 1.165) is 35.8 Å². The minimum Gasteiger partial charge on any atom is -0.367 e. The average molecular weight is 313 g/mol. The van der Waals surface area contributed by atoms with E-state index in [1.807, 2.05) is 0 Å². The summed E-state index contributed by atoms with van der Waals surface area (Å²) in [6, 6.07) is 13.8. The lowest BCUT2D eigenvalue weighted by molar-refractivity contribution is 0.612. The predicted octanol–water partition coefficient (Wildman–Crippen LogP) is 4.04. The van der Waals surface area contributed by atoms with Crippen molar-refractivity contribution >= 4 is 17.3 Å². The number of hydrogen-bond donors (Lipinski definition) is 1. The molecular weight excluding hydrogens is 292 g/mol. The van der Waals surface area contributed by atoms with E-state index in [4.69, 9.17) is 11.6 Å². The van der Waals surface area contributed by atoms with Crippen molar-refractivity contribution in [3.63, 3.8) is 0 Å². The maximum atomic E-state index is 6.52.